The summed E-state index contributed by atoms with van der Waals surface area (Å²) in [7, 11) is 1.68. The summed E-state index contributed by atoms with van der Waals surface area (Å²) in [4.78, 5) is 23.8. The van der Waals surface area contributed by atoms with E-state index in [4.69, 9.17) is 9.47 Å². The van der Waals surface area contributed by atoms with Gasteiger partial charge in [0.1, 0.15) is 11.2 Å². The zero-order valence-electron chi connectivity index (χ0n) is 15.9. The fraction of sp³-hybridized carbons (Fsp3) is 0.450. The number of ketones is 1. The van der Waals surface area contributed by atoms with E-state index >= 15 is 0 Å². The maximum absolute atomic E-state index is 12.8. The highest BCUT2D eigenvalue weighted by atomic mass is 32.1. The summed E-state index contributed by atoms with van der Waals surface area (Å²) in [6, 6.07) is 1.93. The number of aryl methyl sites for hydroxylation is 3. The molecule has 27 heavy (non-hydrogen) atoms. The van der Waals surface area contributed by atoms with Crippen molar-refractivity contribution in [2.75, 3.05) is 20.3 Å². The Morgan fingerprint density at radius 3 is 2.96 bits per heavy atom. The van der Waals surface area contributed by atoms with Gasteiger partial charge in [-0.15, -0.1) is 11.3 Å². The van der Waals surface area contributed by atoms with E-state index in [2.05, 4.69) is 14.5 Å². The molecule has 1 aliphatic rings. The van der Waals surface area contributed by atoms with Gasteiger partial charge in [0.25, 0.3) is 0 Å². The third kappa shape index (κ3) is 3.26. The zero-order valence-corrected chi connectivity index (χ0v) is 16.7. The highest BCUT2D eigenvalue weighted by Crippen LogP contribution is 2.39. The molecule has 1 aliphatic carbocycles. The van der Waals surface area contributed by atoms with E-state index in [0.717, 1.165) is 47.4 Å². The third-order valence-electron chi connectivity index (χ3n) is 5.20. The molecule has 3 heterocycles. The van der Waals surface area contributed by atoms with Gasteiger partial charge in [0, 0.05) is 35.5 Å². The second kappa shape index (κ2) is 7.40. The molecule has 0 atom stereocenters. The van der Waals surface area contributed by atoms with Gasteiger partial charge in [-0.25, -0.2) is 9.97 Å². The topological polar surface area (TPSA) is 66.2 Å². The van der Waals surface area contributed by atoms with Gasteiger partial charge in [-0.05, 0) is 44.7 Å². The first-order valence-electron chi connectivity index (χ1n) is 9.17. The second-order valence-electron chi connectivity index (χ2n) is 6.86. The number of rotatable bonds is 7. The van der Waals surface area contributed by atoms with Crippen LogP contribution in [0.25, 0.3) is 10.2 Å². The van der Waals surface area contributed by atoms with Crippen LogP contribution in [-0.2, 0) is 24.1 Å². The Morgan fingerprint density at radius 1 is 1.30 bits per heavy atom. The Bertz CT molecular complexity index is 1010. The van der Waals surface area contributed by atoms with Crippen molar-refractivity contribution in [3.05, 3.63) is 39.8 Å². The van der Waals surface area contributed by atoms with Gasteiger partial charge in [0.2, 0.25) is 11.7 Å². The normalized spacial score (nSPS) is 13.3. The van der Waals surface area contributed by atoms with E-state index in [1.165, 1.54) is 16.8 Å². The number of nitrogens with zero attached hydrogens (tertiary/aromatic N) is 3. The smallest absolute Gasteiger partial charge is 0.226 e. The van der Waals surface area contributed by atoms with Crippen LogP contribution in [0.5, 0.6) is 5.88 Å². The largest absolute Gasteiger partial charge is 0.469 e. The molecule has 0 saturated carbocycles. The molecule has 0 radical (unpaired) electrons. The van der Waals surface area contributed by atoms with Crippen molar-refractivity contribution < 1.29 is 14.3 Å². The quantitative estimate of drug-likeness (QED) is 0.582. The molecule has 4 rings (SSSR count). The van der Waals surface area contributed by atoms with Gasteiger partial charge in [-0.1, -0.05) is 0 Å². The number of aromatic nitrogens is 3. The lowest BCUT2D eigenvalue weighted by atomic mass is 10.1. The van der Waals surface area contributed by atoms with Crippen LogP contribution in [0, 0.1) is 13.8 Å². The lowest BCUT2D eigenvalue weighted by Crippen LogP contribution is -2.14. The molecule has 0 N–H and O–H groups in total. The van der Waals surface area contributed by atoms with E-state index in [9.17, 15) is 4.79 Å². The molecule has 0 aliphatic heterocycles. The molecule has 7 heteroatoms. The number of thiophene rings is 1. The molecule has 0 unspecified atom stereocenters. The first-order valence-corrected chi connectivity index (χ1v) is 9.98. The van der Waals surface area contributed by atoms with Crippen LogP contribution in [0.3, 0.4) is 0 Å². The van der Waals surface area contributed by atoms with Gasteiger partial charge in [-0.3, -0.25) is 4.79 Å². The first kappa shape index (κ1) is 18.1. The number of carbonyl (C=O) groups is 1. The van der Waals surface area contributed by atoms with Crippen molar-refractivity contribution in [1.29, 1.82) is 0 Å². The summed E-state index contributed by atoms with van der Waals surface area (Å²) in [5, 5.41) is 0.994. The molecule has 0 aromatic carbocycles. The number of Topliss-reactive ketones (excluding diaryl/α,β-unsaturated/α-hetero) is 1. The average molecular weight is 385 g/mol. The number of methoxy groups -OCH3 is 1. The molecule has 0 bridgehead atoms. The molecular weight excluding hydrogens is 362 g/mol. The van der Waals surface area contributed by atoms with Gasteiger partial charge >= 0.3 is 0 Å². The van der Waals surface area contributed by atoms with Gasteiger partial charge in [0.15, 0.2) is 6.61 Å². The molecule has 142 valence electrons. The maximum Gasteiger partial charge on any atom is 0.226 e. The van der Waals surface area contributed by atoms with E-state index in [0.29, 0.717) is 18.1 Å². The Balaban J connectivity index is 1.55. The standard InChI is InChI=1S/C20H23N3O3S/c1-12-9-15(13(2)23(12)7-8-25-3)16(24)10-26-19-18-14-5-4-6-17(14)27-20(18)22-11-21-19/h9,11H,4-8,10H2,1-3H3. The Labute approximate surface area is 162 Å². The molecule has 0 amide bonds. The van der Waals surface area contributed by atoms with Crippen molar-refractivity contribution in [1.82, 2.24) is 14.5 Å². The van der Waals surface area contributed by atoms with E-state index < -0.39 is 0 Å². The van der Waals surface area contributed by atoms with Crippen LogP contribution in [0.4, 0.5) is 0 Å². The first-order chi connectivity index (χ1) is 13.1. The molecule has 6 nitrogen and oxygen atoms in total. The summed E-state index contributed by atoms with van der Waals surface area (Å²) in [5.74, 6) is 0.492. The molecular formula is C20H23N3O3S. The van der Waals surface area contributed by atoms with Crippen molar-refractivity contribution in [2.45, 2.75) is 39.7 Å². The fourth-order valence-electron chi connectivity index (χ4n) is 3.83. The predicted molar refractivity (Wildman–Crippen MR) is 105 cm³/mol. The van der Waals surface area contributed by atoms with Crippen molar-refractivity contribution in [2.24, 2.45) is 0 Å². The Hall–Kier alpha value is -2.25. The van der Waals surface area contributed by atoms with Crippen molar-refractivity contribution in [3.63, 3.8) is 0 Å². The average Bonchev–Trinajstić information content (AvgIpc) is 3.32. The molecule has 0 spiro atoms. The fourth-order valence-corrected chi connectivity index (χ4v) is 5.05. The van der Waals surface area contributed by atoms with Crippen LogP contribution < -0.4 is 4.74 Å². The van der Waals surface area contributed by atoms with Crippen molar-refractivity contribution >= 4 is 27.3 Å². The highest BCUT2D eigenvalue weighted by Gasteiger charge is 2.23. The minimum atomic E-state index is -0.0367. The number of ether oxygens (including phenoxy) is 2. The highest BCUT2D eigenvalue weighted by molar-refractivity contribution is 7.18. The summed E-state index contributed by atoms with van der Waals surface area (Å²) in [6.45, 7) is 5.29. The SMILES string of the molecule is COCCn1c(C)cc(C(=O)COc2ncnc3sc4c(c23)CCC4)c1C. The van der Waals surface area contributed by atoms with E-state index in [1.54, 1.807) is 18.4 Å². The lowest BCUT2D eigenvalue weighted by molar-refractivity contribution is 0.0918. The van der Waals surface area contributed by atoms with Gasteiger partial charge in [-0.2, -0.15) is 0 Å². The zero-order chi connectivity index (χ0) is 19.0. The Morgan fingerprint density at radius 2 is 2.15 bits per heavy atom. The van der Waals surface area contributed by atoms with Crippen molar-refractivity contribution in [3.8, 4) is 5.88 Å². The van der Waals surface area contributed by atoms with Crippen LogP contribution in [0.2, 0.25) is 0 Å². The van der Waals surface area contributed by atoms with Gasteiger partial charge < -0.3 is 14.0 Å². The molecule has 3 aromatic heterocycles. The van der Waals surface area contributed by atoms with E-state index in [1.807, 2.05) is 19.9 Å². The molecule has 0 fully saturated rings. The van der Waals surface area contributed by atoms with Crippen LogP contribution in [0.1, 0.15) is 38.6 Å². The summed E-state index contributed by atoms with van der Waals surface area (Å²) in [5.41, 5.74) is 4.00. The maximum atomic E-state index is 12.8. The summed E-state index contributed by atoms with van der Waals surface area (Å²) >= 11 is 1.72. The third-order valence-corrected chi connectivity index (χ3v) is 6.40. The monoisotopic (exact) mass is 385 g/mol. The summed E-state index contributed by atoms with van der Waals surface area (Å²) in [6.07, 6.45) is 4.82. The van der Waals surface area contributed by atoms with Gasteiger partial charge in [0.05, 0.1) is 12.0 Å². The number of carbonyl (C=O) groups excluding carboxylic acids is 1. The van der Waals surface area contributed by atoms with Crippen LogP contribution in [-0.4, -0.2) is 40.6 Å². The predicted octanol–water partition coefficient (Wildman–Crippen LogP) is 3.51. The minimum absolute atomic E-state index is 0.0225. The van der Waals surface area contributed by atoms with E-state index in [-0.39, 0.29) is 12.4 Å². The number of hydrogen-bond acceptors (Lipinski definition) is 6. The summed E-state index contributed by atoms with van der Waals surface area (Å²) < 4.78 is 13.1. The van der Waals surface area contributed by atoms with Crippen LogP contribution in [0.15, 0.2) is 12.4 Å². The molecule has 3 aromatic rings. The second-order valence-corrected chi connectivity index (χ2v) is 7.94. The number of hydrogen-bond donors (Lipinski definition) is 0. The lowest BCUT2D eigenvalue weighted by Gasteiger charge is -2.09. The molecule has 0 saturated heterocycles. The Kier molecular flexibility index (Phi) is 4.97. The number of fused-ring (bicyclic) bond motifs is 3. The minimum Gasteiger partial charge on any atom is -0.469 e. The van der Waals surface area contributed by atoms with Crippen LogP contribution >= 0.6 is 11.3 Å².